The van der Waals surface area contributed by atoms with Gasteiger partial charge in [-0.05, 0) is 32.1 Å². The number of carbonyl (C=O) groups excluding carboxylic acids is 2. The van der Waals surface area contributed by atoms with Crippen LogP contribution in [-0.4, -0.2) is 80.6 Å². The maximum atomic E-state index is 12.6. The first-order valence-corrected chi connectivity index (χ1v) is 17.9. The van der Waals surface area contributed by atoms with E-state index in [0.29, 0.717) is 19.3 Å². The molecule has 0 aromatic rings. The number of unbranched alkanes of at least 4 members (excludes halogenated alkanes) is 14. The van der Waals surface area contributed by atoms with E-state index in [1.807, 2.05) is 21.1 Å². The zero-order chi connectivity index (χ0) is 33.6. The van der Waals surface area contributed by atoms with Crippen LogP contribution in [0.5, 0.6) is 0 Å². The van der Waals surface area contributed by atoms with Crippen molar-refractivity contribution in [1.82, 2.24) is 0 Å². The van der Waals surface area contributed by atoms with Gasteiger partial charge >= 0.3 is 17.9 Å². The molecular formula is C37H68NO7+. The number of ether oxygens (including phenoxy) is 3. The van der Waals surface area contributed by atoms with E-state index in [-0.39, 0.29) is 36.2 Å². The number of esters is 2. The van der Waals surface area contributed by atoms with Crippen LogP contribution in [-0.2, 0) is 28.6 Å². The van der Waals surface area contributed by atoms with Crippen LogP contribution >= 0.6 is 0 Å². The molecule has 0 fully saturated rings. The van der Waals surface area contributed by atoms with Crippen molar-refractivity contribution in [3.05, 3.63) is 24.3 Å². The minimum Gasteiger partial charge on any atom is -0.477 e. The van der Waals surface area contributed by atoms with Crippen LogP contribution < -0.4 is 0 Å². The highest BCUT2D eigenvalue weighted by molar-refractivity contribution is 5.72. The summed E-state index contributed by atoms with van der Waals surface area (Å²) in [6.45, 7) is 4.62. The zero-order valence-corrected chi connectivity index (χ0v) is 29.6. The summed E-state index contributed by atoms with van der Waals surface area (Å²) < 4.78 is 17.1. The molecule has 8 heteroatoms. The SMILES string of the molecule is CCCC/C=C/C=C/CCCCCC(=O)OCC(COCCC(C(=O)O)[N+](C)(C)C)OC(=O)CCCCCCCCCCCC. The maximum absolute atomic E-state index is 12.6. The Hall–Kier alpha value is -2.19. The van der Waals surface area contributed by atoms with E-state index in [1.54, 1.807) is 0 Å². The van der Waals surface area contributed by atoms with Gasteiger partial charge in [0.25, 0.3) is 0 Å². The fraction of sp³-hybridized carbons (Fsp3) is 0.811. The Balaban J connectivity index is 4.50. The molecule has 0 aliphatic rings. The molecule has 0 aromatic heterocycles. The Labute approximate surface area is 275 Å². The number of quaternary nitrogens is 1. The molecule has 2 unspecified atom stereocenters. The molecule has 0 radical (unpaired) electrons. The number of carboxylic acid groups (broad SMARTS) is 1. The highest BCUT2D eigenvalue weighted by atomic mass is 16.6. The van der Waals surface area contributed by atoms with Gasteiger partial charge in [-0.2, -0.15) is 0 Å². The second kappa shape index (κ2) is 29.2. The van der Waals surface area contributed by atoms with Gasteiger partial charge in [0.05, 0.1) is 34.4 Å². The monoisotopic (exact) mass is 638 g/mol. The van der Waals surface area contributed by atoms with Crippen LogP contribution in [0.25, 0.3) is 0 Å². The van der Waals surface area contributed by atoms with Crippen LogP contribution in [0.3, 0.4) is 0 Å². The molecule has 0 aliphatic carbocycles. The number of allylic oxidation sites excluding steroid dienone is 4. The van der Waals surface area contributed by atoms with Gasteiger partial charge in [0.1, 0.15) is 6.61 Å². The number of nitrogens with zero attached hydrogens (tertiary/aromatic N) is 1. The van der Waals surface area contributed by atoms with E-state index in [2.05, 4.69) is 38.2 Å². The molecule has 0 bridgehead atoms. The highest BCUT2D eigenvalue weighted by Crippen LogP contribution is 2.13. The summed E-state index contributed by atoms with van der Waals surface area (Å²) in [7, 11) is 5.50. The first kappa shape index (κ1) is 42.8. The average molecular weight is 639 g/mol. The van der Waals surface area contributed by atoms with Gasteiger partial charge in [-0.1, -0.05) is 115 Å². The molecule has 0 heterocycles. The Morgan fingerprint density at radius 1 is 0.667 bits per heavy atom. The van der Waals surface area contributed by atoms with Crippen molar-refractivity contribution >= 4 is 17.9 Å². The van der Waals surface area contributed by atoms with Gasteiger partial charge in [0.2, 0.25) is 0 Å². The van der Waals surface area contributed by atoms with Gasteiger partial charge < -0.3 is 23.8 Å². The quantitative estimate of drug-likeness (QED) is 0.0351. The molecule has 8 nitrogen and oxygen atoms in total. The van der Waals surface area contributed by atoms with Crippen LogP contribution in [0.1, 0.15) is 142 Å². The van der Waals surface area contributed by atoms with Gasteiger partial charge in [0, 0.05) is 19.3 Å². The largest absolute Gasteiger partial charge is 0.477 e. The van der Waals surface area contributed by atoms with E-state index in [4.69, 9.17) is 14.2 Å². The average Bonchev–Trinajstić information content (AvgIpc) is 2.98. The smallest absolute Gasteiger partial charge is 0.362 e. The van der Waals surface area contributed by atoms with Crippen molar-refractivity contribution in [3.8, 4) is 0 Å². The minimum atomic E-state index is -0.880. The predicted octanol–water partition coefficient (Wildman–Crippen LogP) is 8.57. The number of likely N-dealkylation sites (N-methyl/N-ethyl adjacent to an activating group) is 1. The Morgan fingerprint density at radius 3 is 1.73 bits per heavy atom. The van der Waals surface area contributed by atoms with E-state index in [9.17, 15) is 19.5 Å². The first-order chi connectivity index (χ1) is 21.6. The number of carboxylic acids is 1. The Kier molecular flexibility index (Phi) is 27.8. The topological polar surface area (TPSA) is 99.1 Å². The Morgan fingerprint density at radius 2 is 1.18 bits per heavy atom. The van der Waals surface area contributed by atoms with Crippen molar-refractivity contribution in [1.29, 1.82) is 0 Å². The summed E-state index contributed by atoms with van der Waals surface area (Å²) in [6, 6.07) is -0.613. The highest BCUT2D eigenvalue weighted by Gasteiger charge is 2.31. The van der Waals surface area contributed by atoms with Crippen LogP contribution in [0.15, 0.2) is 24.3 Å². The summed E-state index contributed by atoms with van der Waals surface area (Å²) in [4.78, 5) is 36.6. The summed E-state index contributed by atoms with van der Waals surface area (Å²) >= 11 is 0. The lowest BCUT2D eigenvalue weighted by Crippen LogP contribution is -2.50. The van der Waals surface area contributed by atoms with E-state index < -0.39 is 18.1 Å². The molecule has 2 atom stereocenters. The third-order valence-corrected chi connectivity index (χ3v) is 7.88. The molecule has 45 heavy (non-hydrogen) atoms. The molecule has 0 saturated carbocycles. The fourth-order valence-electron chi connectivity index (χ4n) is 5.01. The zero-order valence-electron chi connectivity index (χ0n) is 29.6. The van der Waals surface area contributed by atoms with E-state index in [0.717, 1.165) is 51.4 Å². The van der Waals surface area contributed by atoms with Crippen LogP contribution in [0, 0.1) is 0 Å². The van der Waals surface area contributed by atoms with Crippen molar-refractivity contribution in [2.24, 2.45) is 0 Å². The van der Waals surface area contributed by atoms with Crippen molar-refractivity contribution < 1.29 is 38.2 Å². The molecule has 262 valence electrons. The third kappa shape index (κ3) is 27.8. The number of rotatable bonds is 31. The van der Waals surface area contributed by atoms with Crippen LogP contribution in [0.2, 0.25) is 0 Å². The second-order valence-electron chi connectivity index (χ2n) is 13.2. The third-order valence-electron chi connectivity index (χ3n) is 7.88. The molecule has 0 rings (SSSR count). The molecule has 0 saturated heterocycles. The summed E-state index contributed by atoms with van der Waals surface area (Å²) in [5.41, 5.74) is 0. The standard InChI is InChI=1S/C37H67NO7/c1-6-8-10-12-14-16-18-20-21-23-25-27-35(39)44-32-33(31-43-30-29-34(37(41)42)38(3,4)5)45-36(40)28-26-24-22-19-17-15-13-11-9-7-2/h12,14,16,18,33-34H,6-11,13,15,17,19-32H2,1-5H3/p+1/b14-12+,18-16+. The van der Waals surface area contributed by atoms with Crippen molar-refractivity contribution in [2.45, 2.75) is 154 Å². The van der Waals surface area contributed by atoms with Crippen molar-refractivity contribution in [2.75, 3.05) is 41.0 Å². The summed E-state index contributed by atoms with van der Waals surface area (Å²) in [6.07, 6.45) is 27.9. The number of carbonyl (C=O) groups is 3. The second-order valence-corrected chi connectivity index (χ2v) is 13.2. The lowest BCUT2D eigenvalue weighted by atomic mass is 10.1. The maximum Gasteiger partial charge on any atom is 0.362 e. The lowest BCUT2D eigenvalue weighted by molar-refractivity contribution is -0.887. The van der Waals surface area contributed by atoms with Crippen molar-refractivity contribution in [3.63, 3.8) is 0 Å². The molecule has 1 N–H and O–H groups in total. The molecule has 0 aliphatic heterocycles. The number of aliphatic carboxylic acids is 1. The molecular weight excluding hydrogens is 570 g/mol. The Bertz CT molecular complexity index is 803. The van der Waals surface area contributed by atoms with Gasteiger partial charge in [-0.15, -0.1) is 0 Å². The van der Waals surface area contributed by atoms with E-state index in [1.165, 1.54) is 57.8 Å². The predicted molar refractivity (Wildman–Crippen MR) is 183 cm³/mol. The number of hydrogen-bond acceptors (Lipinski definition) is 6. The molecule has 0 spiro atoms. The minimum absolute atomic E-state index is 0.0553. The molecule has 0 aromatic carbocycles. The summed E-state index contributed by atoms with van der Waals surface area (Å²) in [5.74, 6) is -1.51. The normalized spacial score (nSPS) is 13.4. The first-order valence-electron chi connectivity index (χ1n) is 17.9. The van der Waals surface area contributed by atoms with Gasteiger partial charge in [-0.25, -0.2) is 4.79 Å². The fourth-order valence-corrected chi connectivity index (χ4v) is 5.01. The van der Waals surface area contributed by atoms with Gasteiger partial charge in [0.15, 0.2) is 12.1 Å². The summed E-state index contributed by atoms with van der Waals surface area (Å²) in [5, 5.41) is 9.55. The lowest BCUT2D eigenvalue weighted by Gasteiger charge is -2.31. The van der Waals surface area contributed by atoms with E-state index >= 15 is 0 Å². The van der Waals surface area contributed by atoms with Gasteiger partial charge in [-0.3, -0.25) is 9.59 Å². The molecule has 0 amide bonds. The van der Waals surface area contributed by atoms with Crippen LogP contribution in [0.4, 0.5) is 0 Å². The number of hydrogen-bond donors (Lipinski definition) is 1.